The van der Waals surface area contributed by atoms with Gasteiger partial charge in [-0.15, -0.1) is 0 Å². The summed E-state index contributed by atoms with van der Waals surface area (Å²) in [6.07, 6.45) is 7.14. The Balaban J connectivity index is 1.28. The fourth-order valence-corrected chi connectivity index (χ4v) is 4.53. The van der Waals surface area contributed by atoms with Crippen LogP contribution in [0.1, 0.15) is 49.3 Å². The normalized spacial score (nSPS) is 18.5. The smallest absolute Gasteiger partial charge is 0.304 e. The Hall–Kier alpha value is -3.09. The van der Waals surface area contributed by atoms with Crippen molar-refractivity contribution in [2.24, 2.45) is 5.92 Å². The number of hydrogen-bond acceptors (Lipinski definition) is 5. The maximum atomic E-state index is 11.0. The summed E-state index contributed by atoms with van der Waals surface area (Å²) < 4.78 is 13.6. The van der Waals surface area contributed by atoms with Gasteiger partial charge in [0.15, 0.2) is 5.65 Å². The van der Waals surface area contributed by atoms with E-state index in [-0.39, 0.29) is 12.3 Å². The minimum atomic E-state index is -0.814. The minimum Gasteiger partial charge on any atom is -0.492 e. The number of ether oxygens (including phenoxy) is 2. The Morgan fingerprint density at radius 2 is 2.10 bits per heavy atom. The van der Waals surface area contributed by atoms with Crippen LogP contribution in [0.25, 0.3) is 11.0 Å². The molecule has 5 rings (SSSR count). The van der Waals surface area contributed by atoms with E-state index in [0.717, 1.165) is 28.8 Å². The van der Waals surface area contributed by atoms with Gasteiger partial charge in [-0.25, -0.2) is 9.67 Å². The van der Waals surface area contributed by atoms with Crippen LogP contribution in [0.3, 0.4) is 0 Å². The molecule has 1 aliphatic carbocycles. The van der Waals surface area contributed by atoms with E-state index in [1.807, 2.05) is 41.2 Å². The monoisotopic (exact) mass is 407 g/mol. The highest BCUT2D eigenvalue weighted by Crippen LogP contribution is 2.38. The van der Waals surface area contributed by atoms with Crippen molar-refractivity contribution in [2.45, 2.75) is 51.2 Å². The summed E-state index contributed by atoms with van der Waals surface area (Å²) in [6, 6.07) is 9.61. The third-order valence-electron chi connectivity index (χ3n) is 6.12. The zero-order valence-electron chi connectivity index (χ0n) is 16.8. The zero-order valence-corrected chi connectivity index (χ0v) is 16.8. The number of rotatable bonds is 7. The summed E-state index contributed by atoms with van der Waals surface area (Å²) in [5.41, 5.74) is 2.69. The number of hydrogen-bond donors (Lipinski definition) is 1. The van der Waals surface area contributed by atoms with E-state index >= 15 is 0 Å². The van der Waals surface area contributed by atoms with Crippen LogP contribution in [0.15, 0.2) is 36.5 Å². The molecule has 1 unspecified atom stereocenters. The van der Waals surface area contributed by atoms with Crippen LogP contribution in [-0.4, -0.2) is 32.4 Å². The van der Waals surface area contributed by atoms with Crippen molar-refractivity contribution in [3.8, 4) is 11.5 Å². The third-order valence-corrected chi connectivity index (χ3v) is 6.12. The van der Waals surface area contributed by atoms with Crippen molar-refractivity contribution in [3.63, 3.8) is 0 Å². The average Bonchev–Trinajstić information content (AvgIpc) is 3.48. The molecule has 2 aliphatic rings. The lowest BCUT2D eigenvalue weighted by atomic mass is 9.98. The van der Waals surface area contributed by atoms with Gasteiger partial charge in [0.2, 0.25) is 0 Å². The Bertz CT molecular complexity index is 1070. The molecule has 1 N–H and O–H groups in total. The standard InChI is InChI=1S/C23H25N3O4/c27-22(28)9-17-13-30-21-10-19(7-8-20(17)21)29-14-18-6-5-16-11-24-26(23(16)25-18)12-15-3-1-2-4-15/h5-8,10-11,15,17H,1-4,9,12-14H2,(H,27,28). The van der Waals surface area contributed by atoms with Crippen molar-refractivity contribution in [1.82, 2.24) is 14.8 Å². The summed E-state index contributed by atoms with van der Waals surface area (Å²) in [5.74, 6) is 1.18. The number of carboxylic acids is 1. The molecule has 7 nitrogen and oxygen atoms in total. The Kier molecular flexibility index (Phi) is 5.02. The Morgan fingerprint density at radius 3 is 2.93 bits per heavy atom. The second-order valence-corrected chi connectivity index (χ2v) is 8.29. The number of fused-ring (bicyclic) bond motifs is 2. The average molecular weight is 407 g/mol. The molecule has 3 heterocycles. The van der Waals surface area contributed by atoms with Crippen LogP contribution >= 0.6 is 0 Å². The first-order chi connectivity index (χ1) is 14.7. The first-order valence-electron chi connectivity index (χ1n) is 10.6. The molecular weight excluding hydrogens is 382 g/mol. The van der Waals surface area contributed by atoms with Crippen molar-refractivity contribution >= 4 is 17.0 Å². The number of aliphatic carboxylic acids is 1. The van der Waals surface area contributed by atoms with Crippen molar-refractivity contribution < 1.29 is 19.4 Å². The van der Waals surface area contributed by atoms with Gasteiger partial charge < -0.3 is 14.6 Å². The second kappa shape index (κ2) is 7.97. The van der Waals surface area contributed by atoms with E-state index in [0.29, 0.717) is 30.6 Å². The van der Waals surface area contributed by atoms with Gasteiger partial charge in [0.25, 0.3) is 0 Å². The van der Waals surface area contributed by atoms with E-state index in [1.54, 1.807) is 0 Å². The molecule has 0 spiro atoms. The number of benzene rings is 1. The molecule has 0 amide bonds. The topological polar surface area (TPSA) is 86.5 Å². The SMILES string of the molecule is O=C(O)CC1COc2cc(OCc3ccc4cnn(CC5CCCC5)c4n3)ccc21. The van der Waals surface area contributed by atoms with Crippen molar-refractivity contribution in [3.05, 3.63) is 47.8 Å². The third kappa shape index (κ3) is 3.84. The molecule has 0 saturated heterocycles. The van der Waals surface area contributed by atoms with E-state index < -0.39 is 5.97 Å². The molecular formula is C23H25N3O4. The van der Waals surface area contributed by atoms with Gasteiger partial charge in [-0.05, 0) is 37.0 Å². The van der Waals surface area contributed by atoms with E-state index in [2.05, 4.69) is 5.10 Å². The lowest BCUT2D eigenvalue weighted by molar-refractivity contribution is -0.137. The fraction of sp³-hybridized carbons (Fsp3) is 0.435. The van der Waals surface area contributed by atoms with Crippen LogP contribution in [0.5, 0.6) is 11.5 Å². The first kappa shape index (κ1) is 18.9. The van der Waals surface area contributed by atoms with Gasteiger partial charge in [0.1, 0.15) is 18.1 Å². The highest BCUT2D eigenvalue weighted by Gasteiger charge is 2.26. The fourth-order valence-electron chi connectivity index (χ4n) is 4.53. The minimum absolute atomic E-state index is 0.0751. The Morgan fingerprint density at radius 1 is 1.23 bits per heavy atom. The van der Waals surface area contributed by atoms with Gasteiger partial charge in [-0.1, -0.05) is 18.9 Å². The van der Waals surface area contributed by atoms with Crippen LogP contribution in [-0.2, 0) is 17.9 Å². The predicted octanol–water partition coefficient (Wildman–Crippen LogP) is 4.15. The van der Waals surface area contributed by atoms with Crippen molar-refractivity contribution in [1.29, 1.82) is 0 Å². The molecule has 1 atom stereocenters. The molecule has 7 heteroatoms. The van der Waals surface area contributed by atoms with Crippen LogP contribution in [0.2, 0.25) is 0 Å². The van der Waals surface area contributed by atoms with Gasteiger partial charge >= 0.3 is 5.97 Å². The summed E-state index contributed by atoms with van der Waals surface area (Å²) in [4.78, 5) is 15.8. The molecule has 156 valence electrons. The Labute approximate surface area is 174 Å². The molecule has 1 aliphatic heterocycles. The summed E-state index contributed by atoms with van der Waals surface area (Å²) in [7, 11) is 0. The number of nitrogens with zero attached hydrogens (tertiary/aromatic N) is 3. The zero-order chi connectivity index (χ0) is 20.5. The highest BCUT2D eigenvalue weighted by atomic mass is 16.5. The van der Waals surface area contributed by atoms with E-state index in [9.17, 15) is 4.79 Å². The maximum absolute atomic E-state index is 11.0. The lowest BCUT2D eigenvalue weighted by Crippen LogP contribution is -2.10. The van der Waals surface area contributed by atoms with Gasteiger partial charge in [0.05, 0.1) is 24.9 Å². The molecule has 0 bridgehead atoms. The van der Waals surface area contributed by atoms with Crippen molar-refractivity contribution in [2.75, 3.05) is 6.61 Å². The van der Waals surface area contributed by atoms with Gasteiger partial charge in [0, 0.05) is 29.5 Å². The van der Waals surface area contributed by atoms with Gasteiger partial charge in [-0.2, -0.15) is 5.10 Å². The molecule has 0 radical (unpaired) electrons. The molecule has 1 fully saturated rings. The first-order valence-corrected chi connectivity index (χ1v) is 10.6. The quantitative estimate of drug-likeness (QED) is 0.633. The van der Waals surface area contributed by atoms with Crippen LogP contribution in [0.4, 0.5) is 0 Å². The molecule has 30 heavy (non-hydrogen) atoms. The second-order valence-electron chi connectivity index (χ2n) is 8.29. The van der Waals surface area contributed by atoms with Crippen LogP contribution in [0, 0.1) is 5.92 Å². The van der Waals surface area contributed by atoms with Crippen LogP contribution < -0.4 is 9.47 Å². The summed E-state index contributed by atoms with van der Waals surface area (Å²) in [6.45, 7) is 1.68. The highest BCUT2D eigenvalue weighted by molar-refractivity contribution is 5.74. The van der Waals surface area contributed by atoms with E-state index in [1.165, 1.54) is 25.7 Å². The molecule has 1 aromatic carbocycles. The number of pyridine rings is 1. The predicted molar refractivity (Wildman–Crippen MR) is 111 cm³/mol. The maximum Gasteiger partial charge on any atom is 0.304 e. The summed E-state index contributed by atoms with van der Waals surface area (Å²) in [5, 5.41) is 14.6. The lowest BCUT2D eigenvalue weighted by Gasteiger charge is -2.11. The molecule has 2 aromatic heterocycles. The number of carboxylic acid groups (broad SMARTS) is 1. The number of carbonyl (C=O) groups is 1. The van der Waals surface area contributed by atoms with Gasteiger partial charge in [-0.3, -0.25) is 4.79 Å². The summed E-state index contributed by atoms with van der Waals surface area (Å²) >= 11 is 0. The van der Waals surface area contributed by atoms with E-state index in [4.69, 9.17) is 19.6 Å². The largest absolute Gasteiger partial charge is 0.492 e. The molecule has 3 aromatic rings. The number of aromatic nitrogens is 3. The molecule has 1 saturated carbocycles.